The molecule has 0 saturated carbocycles. The Labute approximate surface area is 137 Å². The first-order valence-corrected chi connectivity index (χ1v) is 8.21. The molecule has 0 aliphatic heterocycles. The Bertz CT molecular complexity index is 562. The van der Waals surface area contributed by atoms with E-state index in [1.54, 1.807) is 13.8 Å². The summed E-state index contributed by atoms with van der Waals surface area (Å²) in [6.07, 6.45) is 3.71. The summed E-state index contributed by atoms with van der Waals surface area (Å²) < 4.78 is 10.2. The number of hydrogen-bond acceptors (Lipinski definition) is 4. The molecule has 0 bridgehead atoms. The number of carbonyl (C=O) groups is 2. The standard InChI is InChI=1S/C19H24O4/c1-3-22-18(20)13-16-12-17(19(21)23-4-2)11-15(16)10-14-8-6-5-7-9-14/h5-9,12,15-16H,3-4,10-11,13H2,1-2H3/t15-,16+/m0/s1. The van der Waals surface area contributed by atoms with Crippen LogP contribution < -0.4 is 0 Å². The summed E-state index contributed by atoms with van der Waals surface area (Å²) >= 11 is 0. The SMILES string of the molecule is CCOC(=O)C[C@H]1C=C(C(=O)OCC)C[C@@H]1Cc1ccccc1. The average molecular weight is 316 g/mol. The molecule has 1 aliphatic carbocycles. The van der Waals surface area contributed by atoms with E-state index in [4.69, 9.17) is 9.47 Å². The molecule has 0 heterocycles. The highest BCUT2D eigenvalue weighted by atomic mass is 16.5. The van der Waals surface area contributed by atoms with E-state index in [9.17, 15) is 9.59 Å². The summed E-state index contributed by atoms with van der Waals surface area (Å²) in [5, 5.41) is 0. The average Bonchev–Trinajstić information content (AvgIpc) is 2.91. The van der Waals surface area contributed by atoms with Crippen LogP contribution in [0.5, 0.6) is 0 Å². The first-order chi connectivity index (χ1) is 11.1. The van der Waals surface area contributed by atoms with Gasteiger partial charge in [0.1, 0.15) is 0 Å². The minimum absolute atomic E-state index is 0.0219. The largest absolute Gasteiger partial charge is 0.466 e. The summed E-state index contributed by atoms with van der Waals surface area (Å²) in [6.45, 7) is 4.34. The van der Waals surface area contributed by atoms with E-state index >= 15 is 0 Å². The highest BCUT2D eigenvalue weighted by Crippen LogP contribution is 2.36. The number of carbonyl (C=O) groups excluding carboxylic acids is 2. The lowest BCUT2D eigenvalue weighted by molar-refractivity contribution is -0.144. The molecule has 0 fully saturated rings. The molecular formula is C19H24O4. The highest BCUT2D eigenvalue weighted by molar-refractivity contribution is 5.89. The van der Waals surface area contributed by atoms with Crippen molar-refractivity contribution in [3.8, 4) is 0 Å². The number of hydrogen-bond donors (Lipinski definition) is 0. The zero-order valence-corrected chi connectivity index (χ0v) is 13.8. The lowest BCUT2D eigenvalue weighted by Gasteiger charge is -2.18. The van der Waals surface area contributed by atoms with Crippen molar-refractivity contribution in [1.29, 1.82) is 0 Å². The number of rotatable bonds is 7. The van der Waals surface area contributed by atoms with Crippen LogP contribution in [0.1, 0.15) is 32.3 Å². The number of benzene rings is 1. The van der Waals surface area contributed by atoms with E-state index in [0.29, 0.717) is 31.6 Å². The van der Waals surface area contributed by atoms with Crippen LogP contribution in [-0.2, 0) is 25.5 Å². The Balaban J connectivity index is 2.09. The molecule has 0 spiro atoms. The van der Waals surface area contributed by atoms with Gasteiger partial charge in [0, 0.05) is 5.57 Å². The van der Waals surface area contributed by atoms with Crippen LogP contribution >= 0.6 is 0 Å². The van der Waals surface area contributed by atoms with E-state index in [-0.39, 0.29) is 23.8 Å². The molecule has 4 nitrogen and oxygen atoms in total. The smallest absolute Gasteiger partial charge is 0.333 e. The second-order valence-electron chi connectivity index (χ2n) is 5.74. The molecule has 1 aromatic carbocycles. The summed E-state index contributed by atoms with van der Waals surface area (Å²) in [4.78, 5) is 23.8. The minimum atomic E-state index is -0.267. The van der Waals surface area contributed by atoms with Gasteiger partial charge in [-0.1, -0.05) is 36.4 Å². The monoisotopic (exact) mass is 316 g/mol. The van der Waals surface area contributed by atoms with E-state index in [2.05, 4.69) is 12.1 Å². The zero-order valence-electron chi connectivity index (χ0n) is 13.8. The molecule has 0 aromatic heterocycles. The fourth-order valence-electron chi connectivity index (χ4n) is 3.05. The van der Waals surface area contributed by atoms with Crippen molar-refractivity contribution in [1.82, 2.24) is 0 Å². The van der Waals surface area contributed by atoms with E-state index < -0.39 is 0 Å². The van der Waals surface area contributed by atoms with Gasteiger partial charge in [-0.2, -0.15) is 0 Å². The maximum atomic E-state index is 12.0. The number of ether oxygens (including phenoxy) is 2. The highest BCUT2D eigenvalue weighted by Gasteiger charge is 2.32. The summed E-state index contributed by atoms with van der Waals surface area (Å²) in [5.41, 5.74) is 1.90. The Kier molecular flexibility index (Phi) is 6.39. The molecule has 2 rings (SSSR count). The maximum Gasteiger partial charge on any atom is 0.333 e. The third-order valence-corrected chi connectivity index (χ3v) is 4.09. The molecule has 124 valence electrons. The Morgan fingerprint density at radius 3 is 2.43 bits per heavy atom. The predicted molar refractivity (Wildman–Crippen MR) is 87.7 cm³/mol. The first-order valence-electron chi connectivity index (χ1n) is 8.21. The van der Waals surface area contributed by atoms with Crippen LogP contribution in [0.2, 0.25) is 0 Å². The second kappa shape index (κ2) is 8.51. The minimum Gasteiger partial charge on any atom is -0.466 e. The molecule has 2 atom stereocenters. The summed E-state index contributed by atoms with van der Waals surface area (Å²) in [5.74, 6) is -0.233. The van der Waals surface area contributed by atoms with Crippen molar-refractivity contribution in [2.75, 3.05) is 13.2 Å². The fraction of sp³-hybridized carbons (Fsp3) is 0.474. The van der Waals surface area contributed by atoms with Crippen LogP contribution in [0.25, 0.3) is 0 Å². The second-order valence-corrected chi connectivity index (χ2v) is 5.74. The van der Waals surface area contributed by atoms with Gasteiger partial charge in [-0.3, -0.25) is 4.79 Å². The van der Waals surface area contributed by atoms with Gasteiger partial charge in [0.15, 0.2) is 0 Å². The van der Waals surface area contributed by atoms with Gasteiger partial charge in [0.05, 0.1) is 19.6 Å². The van der Waals surface area contributed by atoms with Crippen molar-refractivity contribution >= 4 is 11.9 Å². The van der Waals surface area contributed by atoms with Gasteiger partial charge in [0.25, 0.3) is 0 Å². The van der Waals surface area contributed by atoms with Crippen LogP contribution in [-0.4, -0.2) is 25.2 Å². The normalized spacial score (nSPS) is 20.0. The van der Waals surface area contributed by atoms with Gasteiger partial charge >= 0.3 is 11.9 Å². The quantitative estimate of drug-likeness (QED) is 0.724. The molecule has 1 aliphatic rings. The van der Waals surface area contributed by atoms with Crippen molar-refractivity contribution in [2.45, 2.75) is 33.1 Å². The molecule has 0 amide bonds. The third-order valence-electron chi connectivity index (χ3n) is 4.09. The van der Waals surface area contributed by atoms with Crippen molar-refractivity contribution in [3.63, 3.8) is 0 Å². The fourth-order valence-corrected chi connectivity index (χ4v) is 3.05. The van der Waals surface area contributed by atoms with Crippen molar-refractivity contribution in [3.05, 3.63) is 47.5 Å². The van der Waals surface area contributed by atoms with Crippen LogP contribution in [0.3, 0.4) is 0 Å². The van der Waals surface area contributed by atoms with Gasteiger partial charge in [-0.25, -0.2) is 4.79 Å². The van der Waals surface area contributed by atoms with Crippen molar-refractivity contribution < 1.29 is 19.1 Å². The van der Waals surface area contributed by atoms with E-state index in [1.807, 2.05) is 24.3 Å². The maximum absolute atomic E-state index is 12.0. The number of allylic oxidation sites excluding steroid dienone is 1. The topological polar surface area (TPSA) is 52.6 Å². The lowest BCUT2D eigenvalue weighted by Crippen LogP contribution is -2.17. The van der Waals surface area contributed by atoms with Gasteiger partial charge < -0.3 is 9.47 Å². The van der Waals surface area contributed by atoms with E-state index in [0.717, 1.165) is 6.42 Å². The Morgan fingerprint density at radius 1 is 1.09 bits per heavy atom. The summed E-state index contributed by atoms with van der Waals surface area (Å²) in [7, 11) is 0. The molecular weight excluding hydrogens is 292 g/mol. The predicted octanol–water partition coefficient (Wildman–Crippen LogP) is 3.31. The number of esters is 2. The zero-order chi connectivity index (χ0) is 16.7. The summed E-state index contributed by atoms with van der Waals surface area (Å²) in [6, 6.07) is 10.1. The van der Waals surface area contributed by atoms with Gasteiger partial charge in [-0.15, -0.1) is 0 Å². The molecule has 4 heteroatoms. The molecule has 1 aromatic rings. The van der Waals surface area contributed by atoms with Crippen molar-refractivity contribution in [2.24, 2.45) is 11.8 Å². The molecule has 0 radical (unpaired) electrons. The van der Waals surface area contributed by atoms with Gasteiger partial charge in [-0.05, 0) is 44.1 Å². The Morgan fingerprint density at radius 2 is 1.78 bits per heavy atom. The van der Waals surface area contributed by atoms with Gasteiger partial charge in [0.2, 0.25) is 0 Å². The van der Waals surface area contributed by atoms with Crippen LogP contribution in [0.15, 0.2) is 42.0 Å². The lowest BCUT2D eigenvalue weighted by atomic mass is 9.87. The Hall–Kier alpha value is -2.10. The molecule has 23 heavy (non-hydrogen) atoms. The third kappa shape index (κ3) is 4.95. The van der Waals surface area contributed by atoms with Crippen LogP contribution in [0, 0.1) is 11.8 Å². The molecule has 0 unspecified atom stereocenters. The first kappa shape index (κ1) is 17.3. The van der Waals surface area contributed by atoms with E-state index in [1.165, 1.54) is 5.56 Å². The molecule has 0 saturated heterocycles. The molecule has 0 N–H and O–H groups in total. The van der Waals surface area contributed by atoms with Crippen LogP contribution in [0.4, 0.5) is 0 Å².